The van der Waals surface area contributed by atoms with Crippen LogP contribution in [0.2, 0.25) is 0 Å². The zero-order valence-corrected chi connectivity index (χ0v) is 8.06. The molecule has 0 aromatic rings. The number of carboxylic acid groups (broad SMARTS) is 1. The van der Waals surface area contributed by atoms with E-state index in [9.17, 15) is 4.79 Å². The van der Waals surface area contributed by atoms with E-state index in [0.717, 1.165) is 12.8 Å². The van der Waals surface area contributed by atoms with Crippen LogP contribution in [0.25, 0.3) is 0 Å². The molecule has 12 heavy (non-hydrogen) atoms. The van der Waals surface area contributed by atoms with Gasteiger partial charge in [-0.25, -0.2) is 0 Å². The highest BCUT2D eigenvalue weighted by atomic mass is 32.2. The van der Waals surface area contributed by atoms with Gasteiger partial charge in [0.2, 0.25) is 0 Å². The van der Waals surface area contributed by atoms with Gasteiger partial charge in [-0.15, -0.1) is 0 Å². The molecule has 0 fully saturated rings. The maximum atomic E-state index is 10.4. The van der Waals surface area contributed by atoms with Crippen molar-refractivity contribution in [2.24, 2.45) is 5.73 Å². The smallest absolute Gasteiger partial charge is 0.304 e. The highest BCUT2D eigenvalue weighted by Gasteiger charge is 2.10. The topological polar surface area (TPSA) is 75.3 Å². The van der Waals surface area contributed by atoms with Crippen molar-refractivity contribution in [2.75, 3.05) is 12.8 Å². The summed E-state index contributed by atoms with van der Waals surface area (Å²) in [6, 6.07) is 0.0426. The highest BCUT2D eigenvalue weighted by molar-refractivity contribution is 7.96. The summed E-state index contributed by atoms with van der Waals surface area (Å²) in [4.78, 5) is 10.4. The lowest BCUT2D eigenvalue weighted by Gasteiger charge is -2.13. The molecule has 0 aliphatic carbocycles. The van der Waals surface area contributed by atoms with E-state index in [-0.39, 0.29) is 12.5 Å². The summed E-state index contributed by atoms with van der Waals surface area (Å²) in [5, 5.41) is 8.53. The van der Waals surface area contributed by atoms with Crippen molar-refractivity contribution < 1.29 is 9.90 Å². The Kier molecular flexibility index (Phi) is 7.23. The third-order valence-electron chi connectivity index (χ3n) is 1.46. The maximum Gasteiger partial charge on any atom is 0.304 e. The predicted octanol–water partition coefficient (Wildman–Crippen LogP) is 0.436. The van der Waals surface area contributed by atoms with Crippen LogP contribution in [0.3, 0.4) is 0 Å². The third kappa shape index (κ3) is 6.45. The van der Waals surface area contributed by atoms with Crippen molar-refractivity contribution in [3.8, 4) is 0 Å². The molecule has 5 heteroatoms. The van der Waals surface area contributed by atoms with Crippen LogP contribution in [0.1, 0.15) is 19.3 Å². The number of hydrogen-bond acceptors (Lipinski definition) is 4. The summed E-state index contributed by atoms with van der Waals surface area (Å²) in [5.41, 5.74) is 5.32. The van der Waals surface area contributed by atoms with E-state index in [4.69, 9.17) is 10.8 Å². The van der Waals surface area contributed by atoms with Gasteiger partial charge in [0.15, 0.2) is 0 Å². The first-order chi connectivity index (χ1) is 5.70. The fourth-order valence-corrected chi connectivity index (χ4v) is 1.48. The molecule has 0 heterocycles. The van der Waals surface area contributed by atoms with Crippen molar-refractivity contribution in [3.05, 3.63) is 0 Å². The number of nitrogens with two attached hydrogens (primary N) is 1. The van der Waals surface area contributed by atoms with Crippen LogP contribution in [-0.2, 0) is 4.79 Å². The van der Waals surface area contributed by atoms with Gasteiger partial charge in [-0.1, -0.05) is 11.9 Å². The van der Waals surface area contributed by atoms with Crippen molar-refractivity contribution in [3.63, 3.8) is 0 Å². The molecule has 0 rings (SSSR count). The zero-order valence-electron chi connectivity index (χ0n) is 7.25. The molecule has 4 N–H and O–H groups in total. The Morgan fingerprint density at radius 3 is 2.83 bits per heavy atom. The number of nitrogens with one attached hydrogen (secondary N) is 1. The van der Waals surface area contributed by atoms with Crippen LogP contribution in [0.4, 0.5) is 0 Å². The van der Waals surface area contributed by atoms with Crippen LogP contribution < -0.4 is 10.5 Å². The molecule has 0 aliphatic rings. The van der Waals surface area contributed by atoms with E-state index < -0.39 is 5.97 Å². The lowest BCUT2D eigenvalue weighted by atomic mass is 10.1. The molecule has 1 unspecified atom stereocenters. The van der Waals surface area contributed by atoms with E-state index in [2.05, 4.69) is 4.72 Å². The van der Waals surface area contributed by atoms with Crippen molar-refractivity contribution in [1.29, 1.82) is 0 Å². The summed E-state index contributed by atoms with van der Waals surface area (Å²) < 4.78 is 3.03. The van der Waals surface area contributed by atoms with Gasteiger partial charge in [-0.2, -0.15) is 0 Å². The lowest BCUT2D eigenvalue weighted by molar-refractivity contribution is -0.137. The fraction of sp³-hybridized carbons (Fsp3) is 0.857. The lowest BCUT2D eigenvalue weighted by Crippen LogP contribution is -2.26. The van der Waals surface area contributed by atoms with Gasteiger partial charge in [0.25, 0.3) is 0 Å². The minimum absolute atomic E-state index is 0.0426. The SMILES string of the molecule is CSNC(CCCN)CC(=O)O. The van der Waals surface area contributed by atoms with E-state index in [1.54, 1.807) is 0 Å². The van der Waals surface area contributed by atoms with Crippen LogP contribution in [0.15, 0.2) is 0 Å². The first-order valence-corrected chi connectivity index (χ1v) is 5.13. The Balaban J connectivity index is 3.61. The standard InChI is InChI=1S/C7H16N2O2S/c1-12-9-6(3-2-4-8)5-7(10)11/h6,9H,2-5,8H2,1H3,(H,10,11). The van der Waals surface area contributed by atoms with E-state index in [1.807, 2.05) is 6.26 Å². The van der Waals surface area contributed by atoms with Crippen molar-refractivity contribution in [1.82, 2.24) is 4.72 Å². The van der Waals surface area contributed by atoms with E-state index in [0.29, 0.717) is 6.54 Å². The molecule has 0 spiro atoms. The number of rotatable bonds is 7. The second-order valence-electron chi connectivity index (χ2n) is 2.55. The average molecular weight is 192 g/mol. The zero-order chi connectivity index (χ0) is 9.40. The molecule has 0 aromatic carbocycles. The molecule has 0 amide bonds. The molecule has 4 nitrogen and oxygen atoms in total. The quantitative estimate of drug-likeness (QED) is 0.510. The number of carboxylic acids is 1. The summed E-state index contributed by atoms with van der Waals surface area (Å²) in [5.74, 6) is -0.765. The summed E-state index contributed by atoms with van der Waals surface area (Å²) in [6.07, 6.45) is 3.74. The summed E-state index contributed by atoms with van der Waals surface area (Å²) in [6.45, 7) is 0.617. The third-order valence-corrected chi connectivity index (χ3v) is 2.03. The molecular formula is C7H16N2O2S. The Morgan fingerprint density at radius 2 is 2.42 bits per heavy atom. The molecule has 0 saturated heterocycles. The maximum absolute atomic E-state index is 10.4. The predicted molar refractivity (Wildman–Crippen MR) is 51.0 cm³/mol. The molecule has 1 atom stereocenters. The number of carbonyl (C=O) groups is 1. The van der Waals surface area contributed by atoms with Crippen LogP contribution in [0, 0.1) is 0 Å². The molecule has 0 radical (unpaired) electrons. The van der Waals surface area contributed by atoms with E-state index in [1.165, 1.54) is 11.9 Å². The Bertz CT molecular complexity index is 133. The first-order valence-electron chi connectivity index (χ1n) is 3.91. The van der Waals surface area contributed by atoms with E-state index >= 15 is 0 Å². The van der Waals surface area contributed by atoms with Crippen LogP contribution in [-0.4, -0.2) is 29.9 Å². The van der Waals surface area contributed by atoms with Gasteiger partial charge >= 0.3 is 5.97 Å². The molecule has 0 saturated carbocycles. The van der Waals surface area contributed by atoms with Gasteiger partial charge in [0.05, 0.1) is 6.42 Å². The van der Waals surface area contributed by atoms with Gasteiger partial charge in [0.1, 0.15) is 0 Å². The van der Waals surface area contributed by atoms with Gasteiger partial charge < -0.3 is 10.8 Å². The van der Waals surface area contributed by atoms with Crippen LogP contribution >= 0.6 is 11.9 Å². The Morgan fingerprint density at radius 1 is 1.75 bits per heavy atom. The largest absolute Gasteiger partial charge is 0.481 e. The fourth-order valence-electron chi connectivity index (χ4n) is 0.944. The molecule has 0 aromatic heterocycles. The normalized spacial score (nSPS) is 12.8. The second kappa shape index (κ2) is 7.39. The minimum atomic E-state index is -0.765. The monoisotopic (exact) mass is 192 g/mol. The van der Waals surface area contributed by atoms with Gasteiger partial charge in [-0.05, 0) is 25.6 Å². The molecule has 0 aliphatic heterocycles. The number of aliphatic carboxylic acids is 1. The Labute approximate surface area is 77.0 Å². The van der Waals surface area contributed by atoms with Crippen LogP contribution in [0.5, 0.6) is 0 Å². The summed E-state index contributed by atoms with van der Waals surface area (Å²) >= 11 is 1.45. The molecular weight excluding hydrogens is 176 g/mol. The first kappa shape index (κ1) is 11.7. The second-order valence-corrected chi connectivity index (χ2v) is 3.19. The molecule has 72 valence electrons. The molecule has 0 bridgehead atoms. The summed E-state index contributed by atoms with van der Waals surface area (Å²) in [7, 11) is 0. The minimum Gasteiger partial charge on any atom is -0.481 e. The Hall–Kier alpha value is -0.260. The highest BCUT2D eigenvalue weighted by Crippen LogP contribution is 2.04. The van der Waals surface area contributed by atoms with Crippen molar-refractivity contribution in [2.45, 2.75) is 25.3 Å². The number of hydrogen-bond donors (Lipinski definition) is 3. The van der Waals surface area contributed by atoms with Crippen molar-refractivity contribution >= 4 is 17.9 Å². The average Bonchev–Trinajstić information content (AvgIpc) is 2.00. The van der Waals surface area contributed by atoms with Gasteiger partial charge in [-0.3, -0.25) is 9.52 Å². The van der Waals surface area contributed by atoms with Gasteiger partial charge in [0, 0.05) is 6.04 Å².